The molecule has 0 bridgehead atoms. The molecule has 0 aliphatic heterocycles. The predicted molar refractivity (Wildman–Crippen MR) is 97.2 cm³/mol. The topological polar surface area (TPSA) is 88.0 Å². The van der Waals surface area contributed by atoms with Crippen LogP contribution in [0.4, 0.5) is 23.4 Å². The first kappa shape index (κ1) is 19.1. The first-order valence-corrected chi connectivity index (χ1v) is 8.56. The number of aromatic amines is 1. The largest absolute Gasteiger partial charge is 0.395 e. The van der Waals surface area contributed by atoms with E-state index in [1.807, 2.05) is 0 Å². The zero-order chi connectivity index (χ0) is 20.9. The molecular weight excluding hydrogens is 416 g/mol. The van der Waals surface area contributed by atoms with Crippen LogP contribution in [0.1, 0.15) is 18.4 Å². The molecule has 3 aromatic heterocycles. The summed E-state index contributed by atoms with van der Waals surface area (Å²) >= 11 is 6.16. The quantitative estimate of drug-likeness (QED) is 0.376. The third-order valence-corrected chi connectivity index (χ3v) is 4.91. The molecule has 1 unspecified atom stereocenters. The van der Waals surface area contributed by atoms with Gasteiger partial charge in [0.25, 0.3) is 0 Å². The molecule has 3 heterocycles. The number of hydrogen-bond acceptors (Lipinski definition) is 4. The Bertz CT molecular complexity index is 1250. The molecule has 0 spiro atoms. The van der Waals surface area contributed by atoms with Crippen LogP contribution in [-0.4, -0.2) is 37.2 Å². The summed E-state index contributed by atoms with van der Waals surface area (Å²) in [6.45, 7) is 0.853. The standard InChI is InChI=1S/C17H11ClF4N6O/c1-7(17(20,21)22)12-15(19)14(18)13(8-2-25-27-16(8)12)9-4-28-5-10(24-6-29)26-11(28)3-23-9/h2-7H,1H3,(H,24,29)(H,25,27). The molecule has 150 valence electrons. The fourth-order valence-electron chi connectivity index (χ4n) is 3.12. The molecule has 0 saturated carbocycles. The number of nitrogens with one attached hydrogen (secondary N) is 2. The minimum atomic E-state index is -4.67. The van der Waals surface area contributed by atoms with E-state index in [0.717, 1.165) is 6.92 Å². The van der Waals surface area contributed by atoms with Crippen LogP contribution in [0.2, 0.25) is 5.02 Å². The summed E-state index contributed by atoms with van der Waals surface area (Å²) in [6, 6.07) is 0. The van der Waals surface area contributed by atoms with Crippen LogP contribution in [0, 0.1) is 5.82 Å². The second-order valence-electron chi connectivity index (χ2n) is 6.26. The molecule has 29 heavy (non-hydrogen) atoms. The molecule has 0 radical (unpaired) electrons. The van der Waals surface area contributed by atoms with Crippen LogP contribution in [0.25, 0.3) is 27.8 Å². The van der Waals surface area contributed by atoms with Gasteiger partial charge in [-0.25, -0.2) is 9.37 Å². The van der Waals surface area contributed by atoms with E-state index < -0.39 is 28.5 Å². The summed E-state index contributed by atoms with van der Waals surface area (Å²) in [4.78, 5) is 18.9. The van der Waals surface area contributed by atoms with Gasteiger partial charge in [-0.3, -0.25) is 14.9 Å². The maximum absolute atomic E-state index is 15.0. The number of carbonyl (C=O) groups is 1. The van der Waals surface area contributed by atoms with Crippen LogP contribution in [0.3, 0.4) is 0 Å². The Morgan fingerprint density at radius 2 is 2.07 bits per heavy atom. The minimum Gasteiger partial charge on any atom is -0.312 e. The Hall–Kier alpha value is -3.21. The van der Waals surface area contributed by atoms with Gasteiger partial charge >= 0.3 is 6.18 Å². The van der Waals surface area contributed by atoms with E-state index >= 15 is 0 Å². The number of fused-ring (bicyclic) bond motifs is 2. The Balaban J connectivity index is 1.96. The first-order valence-electron chi connectivity index (χ1n) is 8.18. The average molecular weight is 427 g/mol. The van der Waals surface area contributed by atoms with Gasteiger partial charge in [-0.2, -0.15) is 18.3 Å². The third kappa shape index (κ3) is 3.07. The number of benzene rings is 1. The fourth-order valence-corrected chi connectivity index (χ4v) is 3.42. The monoisotopic (exact) mass is 426 g/mol. The van der Waals surface area contributed by atoms with Gasteiger partial charge in [0.15, 0.2) is 11.5 Å². The molecule has 12 heteroatoms. The van der Waals surface area contributed by atoms with Gasteiger partial charge in [-0.15, -0.1) is 0 Å². The van der Waals surface area contributed by atoms with E-state index in [2.05, 4.69) is 25.5 Å². The highest BCUT2D eigenvalue weighted by molar-refractivity contribution is 6.35. The molecular formula is C17H11ClF4N6O. The van der Waals surface area contributed by atoms with Crippen molar-refractivity contribution < 1.29 is 22.4 Å². The second kappa shape index (κ2) is 6.69. The van der Waals surface area contributed by atoms with Crippen molar-refractivity contribution in [2.75, 3.05) is 5.32 Å². The number of hydrogen-bond donors (Lipinski definition) is 2. The number of nitrogens with zero attached hydrogens (tertiary/aromatic N) is 4. The smallest absolute Gasteiger partial charge is 0.312 e. The van der Waals surface area contributed by atoms with Gasteiger partial charge in [-0.05, 0) is 6.92 Å². The molecule has 4 aromatic rings. The molecule has 0 aliphatic carbocycles. The lowest BCUT2D eigenvalue weighted by molar-refractivity contribution is -0.146. The van der Waals surface area contributed by atoms with E-state index in [0.29, 0.717) is 12.1 Å². The van der Waals surface area contributed by atoms with Gasteiger partial charge in [0, 0.05) is 22.7 Å². The van der Waals surface area contributed by atoms with E-state index in [-0.39, 0.29) is 28.0 Å². The van der Waals surface area contributed by atoms with Crippen molar-refractivity contribution in [2.45, 2.75) is 19.0 Å². The lowest BCUT2D eigenvalue weighted by atomic mass is 9.94. The molecule has 0 aliphatic rings. The maximum Gasteiger partial charge on any atom is 0.395 e. The number of rotatable bonds is 4. The Morgan fingerprint density at radius 1 is 1.31 bits per heavy atom. The van der Waals surface area contributed by atoms with E-state index in [1.165, 1.54) is 29.2 Å². The van der Waals surface area contributed by atoms with Crippen LogP contribution >= 0.6 is 11.6 Å². The summed E-state index contributed by atoms with van der Waals surface area (Å²) in [5.41, 5.74) is -0.0523. The molecule has 0 saturated heterocycles. The van der Waals surface area contributed by atoms with Crippen molar-refractivity contribution in [3.8, 4) is 11.3 Å². The Morgan fingerprint density at radius 3 is 2.76 bits per heavy atom. The van der Waals surface area contributed by atoms with Crippen LogP contribution in [-0.2, 0) is 4.79 Å². The summed E-state index contributed by atoms with van der Waals surface area (Å²) < 4.78 is 56.2. The van der Waals surface area contributed by atoms with Gasteiger partial charge < -0.3 is 9.72 Å². The van der Waals surface area contributed by atoms with E-state index in [4.69, 9.17) is 11.6 Å². The Kier molecular flexibility index (Phi) is 4.41. The van der Waals surface area contributed by atoms with Gasteiger partial charge in [0.05, 0.1) is 40.7 Å². The first-order chi connectivity index (χ1) is 13.7. The molecule has 4 rings (SSSR count). The summed E-state index contributed by atoms with van der Waals surface area (Å²) in [7, 11) is 0. The number of H-pyrrole nitrogens is 1. The van der Waals surface area contributed by atoms with E-state index in [9.17, 15) is 22.4 Å². The van der Waals surface area contributed by atoms with Gasteiger partial charge in [0.1, 0.15) is 5.82 Å². The molecule has 1 amide bonds. The zero-order valence-corrected chi connectivity index (χ0v) is 15.3. The number of alkyl halides is 3. The molecule has 7 nitrogen and oxygen atoms in total. The van der Waals surface area contributed by atoms with Gasteiger partial charge in [-0.1, -0.05) is 11.6 Å². The number of aromatic nitrogens is 5. The van der Waals surface area contributed by atoms with Crippen molar-refractivity contribution >= 4 is 40.4 Å². The molecule has 2 N–H and O–H groups in total. The molecule has 1 aromatic carbocycles. The third-order valence-electron chi connectivity index (χ3n) is 4.56. The molecule has 1 atom stereocenters. The normalized spacial score (nSPS) is 13.2. The number of amides is 1. The van der Waals surface area contributed by atoms with Crippen LogP contribution in [0.5, 0.6) is 0 Å². The summed E-state index contributed by atoms with van der Waals surface area (Å²) in [6.07, 6.45) is 1.38. The highest BCUT2D eigenvalue weighted by Crippen LogP contribution is 2.44. The van der Waals surface area contributed by atoms with Crippen molar-refractivity contribution in [2.24, 2.45) is 0 Å². The predicted octanol–water partition coefficient (Wildman–Crippen LogP) is 4.30. The second-order valence-corrected chi connectivity index (χ2v) is 6.64. The molecule has 0 fully saturated rings. The number of halogens is 5. The fraction of sp³-hybridized carbons (Fsp3) is 0.176. The van der Waals surface area contributed by atoms with Crippen molar-refractivity contribution in [3.05, 3.63) is 41.2 Å². The highest BCUT2D eigenvalue weighted by atomic mass is 35.5. The number of imidazole rings is 1. The lowest BCUT2D eigenvalue weighted by Gasteiger charge is -2.19. The SMILES string of the molecule is CC(c1c(F)c(Cl)c(-c2cn3cc(NC=O)nc3cn2)c2cn[nH]c12)C(F)(F)F. The van der Waals surface area contributed by atoms with Gasteiger partial charge in [0.2, 0.25) is 6.41 Å². The van der Waals surface area contributed by atoms with Crippen molar-refractivity contribution in [1.29, 1.82) is 0 Å². The van der Waals surface area contributed by atoms with Crippen molar-refractivity contribution in [1.82, 2.24) is 24.6 Å². The lowest BCUT2D eigenvalue weighted by Crippen LogP contribution is -2.19. The zero-order valence-electron chi connectivity index (χ0n) is 14.6. The average Bonchev–Trinajstić information content (AvgIpc) is 3.28. The maximum atomic E-state index is 15.0. The highest BCUT2D eigenvalue weighted by Gasteiger charge is 2.41. The number of carbonyl (C=O) groups excluding carboxylic acids is 1. The van der Waals surface area contributed by atoms with Crippen LogP contribution < -0.4 is 5.32 Å². The minimum absolute atomic E-state index is 0.0894. The summed E-state index contributed by atoms with van der Waals surface area (Å²) in [5, 5.41) is 8.29. The van der Waals surface area contributed by atoms with Crippen LogP contribution in [0.15, 0.2) is 24.8 Å². The number of anilines is 1. The van der Waals surface area contributed by atoms with E-state index in [1.54, 1.807) is 0 Å². The van der Waals surface area contributed by atoms with Crippen molar-refractivity contribution in [3.63, 3.8) is 0 Å². The Labute approximate surface area is 164 Å². The summed E-state index contributed by atoms with van der Waals surface area (Å²) in [5.74, 6) is -3.03.